The normalized spacial score (nSPS) is 14.9. The van der Waals surface area contributed by atoms with Crippen molar-refractivity contribution in [2.45, 2.75) is 27.7 Å². The van der Waals surface area contributed by atoms with Crippen molar-refractivity contribution in [2.75, 3.05) is 7.11 Å². The van der Waals surface area contributed by atoms with Gasteiger partial charge >= 0.3 is 0 Å². The van der Waals surface area contributed by atoms with Gasteiger partial charge in [0, 0.05) is 0 Å². The fourth-order valence-corrected chi connectivity index (χ4v) is 1.09. The maximum atomic E-state index is 5.48. The SMILES string of the molecule is C\C=C(/C=C\C=C(/N)OC)C(C)(C)C. The molecule has 0 atom stereocenters. The molecule has 0 fully saturated rings. The summed E-state index contributed by atoms with van der Waals surface area (Å²) in [5.41, 5.74) is 6.92. The molecule has 0 bridgehead atoms. The van der Waals surface area contributed by atoms with Gasteiger partial charge in [0.1, 0.15) is 0 Å². The lowest BCUT2D eigenvalue weighted by Crippen LogP contribution is -2.07. The summed E-state index contributed by atoms with van der Waals surface area (Å²) in [6, 6.07) is 0. The molecule has 80 valence electrons. The molecule has 0 saturated heterocycles. The van der Waals surface area contributed by atoms with E-state index in [0.717, 1.165) is 0 Å². The molecule has 2 nitrogen and oxygen atoms in total. The molecule has 0 radical (unpaired) electrons. The van der Waals surface area contributed by atoms with Crippen molar-refractivity contribution in [1.82, 2.24) is 0 Å². The number of nitrogens with two attached hydrogens (primary N) is 1. The van der Waals surface area contributed by atoms with Gasteiger partial charge in [-0.2, -0.15) is 0 Å². The van der Waals surface area contributed by atoms with Crippen molar-refractivity contribution in [3.63, 3.8) is 0 Å². The zero-order valence-corrected chi connectivity index (χ0v) is 9.79. The molecule has 0 aliphatic rings. The summed E-state index contributed by atoms with van der Waals surface area (Å²) >= 11 is 0. The minimum atomic E-state index is 0.168. The third kappa shape index (κ3) is 4.75. The maximum Gasteiger partial charge on any atom is 0.183 e. The summed E-state index contributed by atoms with van der Waals surface area (Å²) in [4.78, 5) is 0. The van der Waals surface area contributed by atoms with Gasteiger partial charge in [0.25, 0.3) is 0 Å². The highest BCUT2D eigenvalue weighted by Crippen LogP contribution is 2.25. The van der Waals surface area contributed by atoms with E-state index in [1.54, 1.807) is 13.2 Å². The molecular formula is C12H21NO. The molecule has 0 amide bonds. The van der Waals surface area contributed by atoms with Gasteiger partial charge in [0.2, 0.25) is 0 Å². The van der Waals surface area contributed by atoms with Crippen LogP contribution in [-0.2, 0) is 4.74 Å². The Bertz CT molecular complexity index is 254. The van der Waals surface area contributed by atoms with Gasteiger partial charge in [-0.3, -0.25) is 0 Å². The van der Waals surface area contributed by atoms with Gasteiger partial charge in [-0.15, -0.1) is 0 Å². The van der Waals surface area contributed by atoms with Crippen molar-refractivity contribution in [1.29, 1.82) is 0 Å². The number of methoxy groups -OCH3 is 1. The van der Waals surface area contributed by atoms with E-state index in [1.807, 2.05) is 19.1 Å². The quantitative estimate of drug-likeness (QED) is 0.555. The zero-order chi connectivity index (χ0) is 11.2. The molecule has 0 saturated carbocycles. The molecule has 14 heavy (non-hydrogen) atoms. The molecule has 2 N–H and O–H groups in total. The van der Waals surface area contributed by atoms with E-state index in [2.05, 4.69) is 26.8 Å². The Kier molecular flexibility index (Phi) is 5.06. The second-order valence-corrected chi connectivity index (χ2v) is 4.13. The van der Waals surface area contributed by atoms with Gasteiger partial charge in [0.05, 0.1) is 7.11 Å². The fourth-order valence-electron chi connectivity index (χ4n) is 1.09. The van der Waals surface area contributed by atoms with Crippen LogP contribution in [-0.4, -0.2) is 7.11 Å². The zero-order valence-electron chi connectivity index (χ0n) is 9.79. The molecule has 0 aromatic heterocycles. The first kappa shape index (κ1) is 12.8. The number of hydrogen-bond acceptors (Lipinski definition) is 2. The van der Waals surface area contributed by atoms with E-state index in [9.17, 15) is 0 Å². The summed E-state index contributed by atoms with van der Waals surface area (Å²) in [6.45, 7) is 8.57. The lowest BCUT2D eigenvalue weighted by atomic mass is 9.86. The van der Waals surface area contributed by atoms with Crippen LogP contribution in [0.15, 0.2) is 35.8 Å². The molecular weight excluding hydrogens is 174 g/mol. The molecule has 0 aliphatic heterocycles. The van der Waals surface area contributed by atoms with Gasteiger partial charge in [-0.05, 0) is 24.0 Å². The largest absolute Gasteiger partial charge is 0.483 e. The Morgan fingerprint density at radius 2 is 1.86 bits per heavy atom. The molecule has 0 aromatic carbocycles. The molecule has 0 unspecified atom stereocenters. The van der Waals surface area contributed by atoms with E-state index < -0.39 is 0 Å². The van der Waals surface area contributed by atoms with Crippen LogP contribution >= 0.6 is 0 Å². The average molecular weight is 195 g/mol. The molecule has 0 aliphatic carbocycles. The summed E-state index contributed by atoms with van der Waals surface area (Å²) in [5, 5.41) is 0. The highest BCUT2D eigenvalue weighted by Gasteiger charge is 2.12. The summed E-state index contributed by atoms with van der Waals surface area (Å²) in [7, 11) is 1.56. The lowest BCUT2D eigenvalue weighted by molar-refractivity contribution is 0.287. The van der Waals surface area contributed by atoms with Crippen molar-refractivity contribution < 1.29 is 4.74 Å². The predicted octanol–water partition coefficient (Wildman–Crippen LogP) is 2.98. The van der Waals surface area contributed by atoms with E-state index >= 15 is 0 Å². The van der Waals surface area contributed by atoms with Gasteiger partial charge in [-0.25, -0.2) is 0 Å². The first-order valence-electron chi connectivity index (χ1n) is 4.76. The van der Waals surface area contributed by atoms with Gasteiger partial charge < -0.3 is 10.5 Å². The van der Waals surface area contributed by atoms with E-state index in [1.165, 1.54) is 5.57 Å². The van der Waals surface area contributed by atoms with Crippen LogP contribution < -0.4 is 5.73 Å². The molecule has 0 heterocycles. The fraction of sp³-hybridized carbons (Fsp3) is 0.500. The standard InChI is InChI=1S/C12H21NO/c1-6-10(12(2,3)4)8-7-9-11(13)14-5/h6-9H,13H2,1-5H3/b8-7-,10-6+,11-9+. The van der Waals surface area contributed by atoms with Gasteiger partial charge in [0.15, 0.2) is 5.88 Å². The summed E-state index contributed by atoms with van der Waals surface area (Å²) in [5.74, 6) is 0.422. The molecule has 2 heteroatoms. The van der Waals surface area contributed by atoms with Crippen molar-refractivity contribution >= 4 is 0 Å². The Morgan fingerprint density at radius 1 is 1.29 bits per heavy atom. The number of rotatable bonds is 3. The number of allylic oxidation sites excluding steroid dienone is 5. The van der Waals surface area contributed by atoms with Crippen LogP contribution in [0.1, 0.15) is 27.7 Å². The van der Waals surface area contributed by atoms with Crippen LogP contribution in [0.3, 0.4) is 0 Å². The minimum Gasteiger partial charge on any atom is -0.483 e. The van der Waals surface area contributed by atoms with Crippen molar-refractivity contribution in [3.8, 4) is 0 Å². The average Bonchev–Trinajstić information content (AvgIpc) is 2.09. The second-order valence-electron chi connectivity index (χ2n) is 4.13. The topological polar surface area (TPSA) is 35.2 Å². The Balaban J connectivity index is 4.51. The van der Waals surface area contributed by atoms with Crippen LogP contribution in [0.2, 0.25) is 0 Å². The molecule has 0 aromatic rings. The lowest BCUT2D eigenvalue weighted by Gasteiger charge is -2.19. The van der Waals surface area contributed by atoms with E-state index in [0.29, 0.717) is 5.88 Å². The number of ether oxygens (including phenoxy) is 1. The monoisotopic (exact) mass is 195 g/mol. The predicted molar refractivity (Wildman–Crippen MR) is 61.6 cm³/mol. The summed E-state index contributed by atoms with van der Waals surface area (Å²) < 4.78 is 4.82. The Morgan fingerprint density at radius 3 is 2.21 bits per heavy atom. The number of hydrogen-bond donors (Lipinski definition) is 1. The first-order valence-corrected chi connectivity index (χ1v) is 4.76. The van der Waals surface area contributed by atoms with Gasteiger partial charge in [-0.1, -0.05) is 39.0 Å². The highest BCUT2D eigenvalue weighted by atomic mass is 16.5. The molecule has 0 spiro atoms. The van der Waals surface area contributed by atoms with Crippen LogP contribution in [0.5, 0.6) is 0 Å². The van der Waals surface area contributed by atoms with Crippen LogP contribution in [0.4, 0.5) is 0 Å². The van der Waals surface area contributed by atoms with Crippen LogP contribution in [0.25, 0.3) is 0 Å². The molecule has 0 rings (SSSR count). The maximum absolute atomic E-state index is 5.48. The van der Waals surface area contributed by atoms with E-state index in [4.69, 9.17) is 10.5 Å². The third-order valence-corrected chi connectivity index (χ3v) is 1.95. The second kappa shape index (κ2) is 5.53. The minimum absolute atomic E-state index is 0.168. The summed E-state index contributed by atoms with van der Waals surface area (Å²) in [6.07, 6.45) is 7.80. The third-order valence-electron chi connectivity index (χ3n) is 1.95. The Labute approximate surface area is 87.1 Å². The van der Waals surface area contributed by atoms with E-state index in [-0.39, 0.29) is 5.41 Å². The van der Waals surface area contributed by atoms with Crippen molar-refractivity contribution in [2.24, 2.45) is 11.1 Å². The first-order chi connectivity index (χ1) is 6.41. The smallest absolute Gasteiger partial charge is 0.183 e. The van der Waals surface area contributed by atoms with Crippen molar-refractivity contribution in [3.05, 3.63) is 35.8 Å². The Hall–Kier alpha value is -1.18. The van der Waals surface area contributed by atoms with Crippen LogP contribution in [0, 0.1) is 5.41 Å². The highest BCUT2D eigenvalue weighted by molar-refractivity contribution is 5.26.